The van der Waals surface area contributed by atoms with Crippen LogP contribution in [0.4, 0.5) is 5.69 Å². The summed E-state index contributed by atoms with van der Waals surface area (Å²) in [5, 5.41) is 12.3. The van der Waals surface area contributed by atoms with Gasteiger partial charge in [0.15, 0.2) is 0 Å². The number of amides is 1. The van der Waals surface area contributed by atoms with Crippen molar-refractivity contribution in [3.05, 3.63) is 89.8 Å². The molecule has 0 unspecified atom stereocenters. The fraction of sp³-hybridized carbons (Fsp3) is 0.200. The van der Waals surface area contributed by atoms with Gasteiger partial charge in [-0.3, -0.25) is 4.79 Å². The maximum Gasteiger partial charge on any atom is 0.262 e. The number of nitrogens with one attached hydrogen (secondary N) is 1. The van der Waals surface area contributed by atoms with Crippen LogP contribution in [0.5, 0.6) is 0 Å². The normalized spacial score (nSPS) is 11.0. The molecule has 0 spiro atoms. The molecule has 0 bridgehead atoms. The summed E-state index contributed by atoms with van der Waals surface area (Å²) in [6.07, 6.45) is 5.26. The molecule has 1 aromatic heterocycles. The average Bonchev–Trinajstić information content (AvgIpc) is 3.24. The fourth-order valence-electron chi connectivity index (χ4n) is 3.19. The molecule has 152 valence electrons. The summed E-state index contributed by atoms with van der Waals surface area (Å²) in [5.74, 6) is -0.346. The van der Waals surface area contributed by atoms with Crippen LogP contribution in [-0.4, -0.2) is 31.1 Å². The van der Waals surface area contributed by atoms with Crippen molar-refractivity contribution in [3.63, 3.8) is 0 Å². The number of nitrogens with zero attached hydrogens (tertiary/aromatic N) is 3. The molecular weight excluding hydrogens is 372 g/mol. The number of hydrogen-bond acceptors (Lipinski definition) is 3. The first-order valence-electron chi connectivity index (χ1n) is 9.97. The number of nitriles is 1. The molecule has 0 saturated carbocycles. The third-order valence-electron chi connectivity index (χ3n) is 4.85. The van der Waals surface area contributed by atoms with E-state index in [2.05, 4.69) is 17.4 Å². The zero-order chi connectivity index (χ0) is 21.3. The first kappa shape index (κ1) is 20.9. The lowest BCUT2D eigenvalue weighted by Gasteiger charge is -2.14. The van der Waals surface area contributed by atoms with Crippen LogP contribution in [0, 0.1) is 11.3 Å². The van der Waals surface area contributed by atoms with Crippen molar-refractivity contribution in [2.24, 2.45) is 0 Å². The summed E-state index contributed by atoms with van der Waals surface area (Å²) in [7, 11) is 3.99. The van der Waals surface area contributed by atoms with Gasteiger partial charge in [0.05, 0.1) is 0 Å². The zero-order valence-electron chi connectivity index (χ0n) is 17.4. The van der Waals surface area contributed by atoms with Crippen molar-refractivity contribution in [3.8, 4) is 11.8 Å². The van der Waals surface area contributed by atoms with E-state index in [0.717, 1.165) is 29.9 Å². The minimum atomic E-state index is -0.346. The largest absolute Gasteiger partial charge is 0.378 e. The highest BCUT2D eigenvalue weighted by Crippen LogP contribution is 2.19. The van der Waals surface area contributed by atoms with Gasteiger partial charge >= 0.3 is 0 Å². The number of aryl methyl sites for hydroxylation is 1. The fourth-order valence-corrected chi connectivity index (χ4v) is 3.19. The van der Waals surface area contributed by atoms with E-state index in [1.165, 1.54) is 5.56 Å². The van der Waals surface area contributed by atoms with Crippen LogP contribution in [0.15, 0.2) is 78.5 Å². The van der Waals surface area contributed by atoms with Crippen LogP contribution in [0.1, 0.15) is 17.7 Å². The van der Waals surface area contributed by atoms with E-state index >= 15 is 0 Å². The zero-order valence-corrected chi connectivity index (χ0v) is 17.4. The van der Waals surface area contributed by atoms with E-state index in [0.29, 0.717) is 6.54 Å². The SMILES string of the molecule is CN(C)c1ccc(-n2cccc2/C=C(/C#N)C(=O)NCCCc2ccccc2)cc1. The number of aromatic nitrogens is 1. The molecule has 5 heteroatoms. The molecule has 0 atom stereocenters. The molecule has 1 amide bonds. The Morgan fingerprint density at radius 2 is 1.80 bits per heavy atom. The van der Waals surface area contributed by atoms with E-state index in [-0.39, 0.29) is 11.5 Å². The Labute approximate surface area is 177 Å². The molecule has 5 nitrogen and oxygen atoms in total. The lowest BCUT2D eigenvalue weighted by molar-refractivity contribution is -0.117. The highest BCUT2D eigenvalue weighted by molar-refractivity contribution is 6.01. The number of anilines is 1. The molecule has 2 aromatic carbocycles. The second kappa shape index (κ2) is 10.1. The van der Waals surface area contributed by atoms with Gasteiger partial charge in [-0.2, -0.15) is 5.26 Å². The molecule has 0 aliphatic carbocycles. The van der Waals surface area contributed by atoms with E-state index in [4.69, 9.17) is 0 Å². The van der Waals surface area contributed by atoms with Gasteiger partial charge in [0.1, 0.15) is 11.6 Å². The summed E-state index contributed by atoms with van der Waals surface area (Å²) in [4.78, 5) is 14.5. The lowest BCUT2D eigenvalue weighted by Crippen LogP contribution is -2.26. The van der Waals surface area contributed by atoms with Gasteiger partial charge in [-0.1, -0.05) is 30.3 Å². The van der Waals surface area contributed by atoms with Crippen LogP contribution in [0.25, 0.3) is 11.8 Å². The highest BCUT2D eigenvalue weighted by Gasteiger charge is 2.10. The first-order chi connectivity index (χ1) is 14.6. The third kappa shape index (κ3) is 5.39. The second-order valence-corrected chi connectivity index (χ2v) is 7.23. The van der Waals surface area contributed by atoms with Crippen molar-refractivity contribution in [2.45, 2.75) is 12.8 Å². The average molecular weight is 399 g/mol. The Bertz CT molecular complexity index is 1040. The molecule has 30 heavy (non-hydrogen) atoms. The third-order valence-corrected chi connectivity index (χ3v) is 4.85. The standard InChI is InChI=1S/C25H26N4O/c1-28(2)22-12-14-23(15-13-22)29-17-7-11-24(29)18-21(19-26)25(30)27-16-6-10-20-8-4-3-5-9-20/h3-5,7-9,11-15,17-18H,6,10,16H2,1-2H3,(H,27,30)/b21-18-. The number of carbonyl (C=O) groups is 1. The van der Waals surface area contributed by atoms with Gasteiger partial charge in [0.2, 0.25) is 0 Å². The predicted octanol–water partition coefficient (Wildman–Crippen LogP) is 4.20. The Morgan fingerprint density at radius 3 is 2.47 bits per heavy atom. The maximum atomic E-state index is 12.5. The van der Waals surface area contributed by atoms with Crippen LogP contribution in [0.3, 0.4) is 0 Å². The van der Waals surface area contributed by atoms with Crippen molar-refractivity contribution in [2.75, 3.05) is 25.5 Å². The maximum absolute atomic E-state index is 12.5. The smallest absolute Gasteiger partial charge is 0.262 e. The molecule has 1 heterocycles. The second-order valence-electron chi connectivity index (χ2n) is 7.23. The van der Waals surface area contributed by atoms with Gasteiger partial charge in [-0.25, -0.2) is 0 Å². The van der Waals surface area contributed by atoms with Gasteiger partial charge in [-0.15, -0.1) is 0 Å². The predicted molar refractivity (Wildman–Crippen MR) is 121 cm³/mol. The molecule has 0 saturated heterocycles. The Balaban J connectivity index is 1.65. The van der Waals surface area contributed by atoms with Gasteiger partial charge in [0, 0.05) is 43.9 Å². The Hall–Kier alpha value is -3.78. The first-order valence-corrected chi connectivity index (χ1v) is 9.97. The van der Waals surface area contributed by atoms with Gasteiger partial charge in [0.25, 0.3) is 5.91 Å². The van der Waals surface area contributed by atoms with Crippen molar-refractivity contribution in [1.29, 1.82) is 5.26 Å². The molecule has 3 rings (SSSR count). The Kier molecular flexibility index (Phi) is 7.07. The lowest BCUT2D eigenvalue weighted by atomic mass is 10.1. The van der Waals surface area contributed by atoms with E-state index < -0.39 is 0 Å². The summed E-state index contributed by atoms with van der Waals surface area (Å²) in [6, 6.07) is 24.1. The molecule has 0 fully saturated rings. The van der Waals surface area contributed by atoms with Crippen molar-refractivity contribution >= 4 is 17.7 Å². The topological polar surface area (TPSA) is 61.1 Å². The molecule has 3 aromatic rings. The van der Waals surface area contributed by atoms with Crippen LogP contribution in [0.2, 0.25) is 0 Å². The summed E-state index contributed by atoms with van der Waals surface area (Å²) in [6.45, 7) is 0.528. The molecule has 0 aliphatic heterocycles. The van der Waals surface area contributed by atoms with Crippen LogP contribution >= 0.6 is 0 Å². The molecule has 0 aliphatic rings. The van der Waals surface area contributed by atoms with E-state index in [1.807, 2.05) is 90.4 Å². The Morgan fingerprint density at radius 1 is 1.07 bits per heavy atom. The van der Waals surface area contributed by atoms with Crippen LogP contribution in [-0.2, 0) is 11.2 Å². The van der Waals surface area contributed by atoms with Gasteiger partial charge < -0.3 is 14.8 Å². The number of carbonyl (C=O) groups excluding carboxylic acids is 1. The van der Waals surface area contributed by atoms with E-state index in [9.17, 15) is 10.1 Å². The van der Waals surface area contributed by atoms with Crippen LogP contribution < -0.4 is 10.2 Å². The monoisotopic (exact) mass is 398 g/mol. The number of hydrogen-bond donors (Lipinski definition) is 1. The number of rotatable bonds is 8. The minimum absolute atomic E-state index is 0.0968. The quantitative estimate of drug-likeness (QED) is 0.351. The molecule has 1 N–H and O–H groups in total. The van der Waals surface area contributed by atoms with E-state index in [1.54, 1.807) is 6.08 Å². The number of benzene rings is 2. The van der Waals surface area contributed by atoms with Crippen molar-refractivity contribution < 1.29 is 4.79 Å². The summed E-state index contributed by atoms with van der Waals surface area (Å²) in [5.41, 5.74) is 4.19. The molecular formula is C25H26N4O. The molecule has 0 radical (unpaired) electrons. The minimum Gasteiger partial charge on any atom is -0.378 e. The van der Waals surface area contributed by atoms with Crippen molar-refractivity contribution in [1.82, 2.24) is 9.88 Å². The highest BCUT2D eigenvalue weighted by atomic mass is 16.1. The summed E-state index contributed by atoms with van der Waals surface area (Å²) < 4.78 is 1.96. The summed E-state index contributed by atoms with van der Waals surface area (Å²) >= 11 is 0. The van der Waals surface area contributed by atoms with Gasteiger partial charge in [-0.05, 0) is 60.9 Å².